The molecule has 5 nitrogen and oxygen atoms in total. The van der Waals surface area contributed by atoms with Crippen molar-refractivity contribution in [3.63, 3.8) is 0 Å². The molecule has 2 bridgehead atoms. The van der Waals surface area contributed by atoms with Crippen LogP contribution in [0.2, 0.25) is 0 Å². The van der Waals surface area contributed by atoms with E-state index in [4.69, 9.17) is 9.47 Å². The number of esters is 1. The Kier molecular flexibility index (Phi) is 7.80. The minimum Gasteiger partial charge on any atom is -0.462 e. The van der Waals surface area contributed by atoms with Crippen molar-refractivity contribution in [2.75, 3.05) is 0 Å². The first kappa shape index (κ1) is 18.7. The Labute approximate surface area is 139 Å². The summed E-state index contributed by atoms with van der Waals surface area (Å²) in [6.45, 7) is 2.19. The first-order valence-corrected chi connectivity index (χ1v) is 9.27. The summed E-state index contributed by atoms with van der Waals surface area (Å²) in [5, 5.41) is 20.2. The third-order valence-corrected chi connectivity index (χ3v) is 4.85. The molecular formula is C18H32O5. The molecule has 0 aliphatic carbocycles. The van der Waals surface area contributed by atoms with Gasteiger partial charge in [-0.25, -0.2) is 0 Å². The number of carbonyl (C=O) groups is 1. The molecule has 0 aromatic heterocycles. The van der Waals surface area contributed by atoms with E-state index in [2.05, 4.69) is 6.92 Å². The highest BCUT2D eigenvalue weighted by molar-refractivity contribution is 5.71. The molecule has 2 saturated heterocycles. The van der Waals surface area contributed by atoms with Gasteiger partial charge in [0.15, 0.2) is 0 Å². The molecular weight excluding hydrogens is 296 g/mol. The van der Waals surface area contributed by atoms with Gasteiger partial charge in [-0.3, -0.25) is 4.79 Å². The van der Waals surface area contributed by atoms with E-state index in [9.17, 15) is 15.0 Å². The molecule has 23 heavy (non-hydrogen) atoms. The molecule has 2 N–H and O–H groups in total. The van der Waals surface area contributed by atoms with Gasteiger partial charge in [0, 0.05) is 12.8 Å². The molecule has 0 amide bonds. The van der Waals surface area contributed by atoms with Crippen LogP contribution in [0.1, 0.15) is 77.6 Å². The Morgan fingerprint density at radius 2 is 1.87 bits per heavy atom. The molecule has 0 aromatic carbocycles. The van der Waals surface area contributed by atoms with Gasteiger partial charge >= 0.3 is 5.97 Å². The highest BCUT2D eigenvalue weighted by Gasteiger charge is 2.38. The van der Waals surface area contributed by atoms with E-state index < -0.39 is 12.2 Å². The lowest BCUT2D eigenvalue weighted by atomic mass is 9.92. The maximum absolute atomic E-state index is 11.3. The Balaban J connectivity index is 1.61. The number of ether oxygens (including phenoxy) is 2. The fourth-order valence-corrected chi connectivity index (χ4v) is 3.68. The molecule has 2 aliphatic rings. The number of fused-ring (bicyclic) bond motifs is 2. The van der Waals surface area contributed by atoms with Crippen LogP contribution in [0.5, 0.6) is 0 Å². The summed E-state index contributed by atoms with van der Waals surface area (Å²) >= 11 is 0. The molecule has 2 rings (SSSR count). The van der Waals surface area contributed by atoms with Crippen LogP contribution in [-0.2, 0) is 14.3 Å². The molecule has 3 unspecified atom stereocenters. The SMILES string of the molecule is CCCCCCC[C@@H](O)C[C@@H](O)CC1CC2CC(CC(=O)O2)O1. The Bertz CT molecular complexity index is 343. The average molecular weight is 328 g/mol. The van der Waals surface area contributed by atoms with Gasteiger partial charge in [0.2, 0.25) is 0 Å². The zero-order valence-electron chi connectivity index (χ0n) is 14.3. The predicted octanol–water partition coefficient (Wildman–Crippen LogP) is 2.71. The molecule has 0 saturated carbocycles. The third kappa shape index (κ3) is 6.77. The molecule has 0 radical (unpaired) electrons. The van der Waals surface area contributed by atoms with Crippen LogP contribution in [-0.4, -0.2) is 46.7 Å². The van der Waals surface area contributed by atoms with Crippen LogP contribution >= 0.6 is 0 Å². The Morgan fingerprint density at radius 3 is 2.61 bits per heavy atom. The van der Waals surface area contributed by atoms with Gasteiger partial charge in [-0.15, -0.1) is 0 Å². The fraction of sp³-hybridized carbons (Fsp3) is 0.944. The van der Waals surface area contributed by atoms with Crippen LogP contribution in [0.4, 0.5) is 0 Å². The van der Waals surface area contributed by atoms with E-state index in [1.165, 1.54) is 19.3 Å². The summed E-state index contributed by atoms with van der Waals surface area (Å²) in [6.07, 6.45) is 8.13. The second-order valence-corrected chi connectivity index (χ2v) is 7.15. The molecule has 2 heterocycles. The number of aliphatic hydroxyl groups is 2. The van der Waals surface area contributed by atoms with Crippen LogP contribution in [0.25, 0.3) is 0 Å². The largest absolute Gasteiger partial charge is 0.462 e. The average Bonchev–Trinajstić information content (AvgIpc) is 2.45. The zero-order chi connectivity index (χ0) is 16.7. The lowest BCUT2D eigenvalue weighted by molar-refractivity contribution is -0.186. The van der Waals surface area contributed by atoms with Crippen LogP contribution in [0, 0.1) is 0 Å². The zero-order valence-corrected chi connectivity index (χ0v) is 14.3. The lowest BCUT2D eigenvalue weighted by Crippen LogP contribution is -2.44. The van der Waals surface area contributed by atoms with Gasteiger partial charge < -0.3 is 19.7 Å². The first-order valence-electron chi connectivity index (χ1n) is 9.27. The van der Waals surface area contributed by atoms with E-state index in [0.29, 0.717) is 25.7 Å². The summed E-state index contributed by atoms with van der Waals surface area (Å²) in [4.78, 5) is 11.3. The van der Waals surface area contributed by atoms with Gasteiger partial charge in [0.05, 0.1) is 30.8 Å². The van der Waals surface area contributed by atoms with Crippen molar-refractivity contribution in [2.24, 2.45) is 0 Å². The van der Waals surface area contributed by atoms with E-state index in [1.54, 1.807) is 0 Å². The number of carbonyl (C=O) groups excluding carboxylic acids is 1. The maximum atomic E-state index is 11.3. The minimum absolute atomic E-state index is 0.0595. The van der Waals surface area contributed by atoms with Gasteiger partial charge in [-0.05, 0) is 19.3 Å². The van der Waals surface area contributed by atoms with Crippen molar-refractivity contribution in [1.29, 1.82) is 0 Å². The molecule has 2 aliphatic heterocycles. The number of aliphatic hydroxyl groups excluding tert-OH is 2. The molecule has 5 heteroatoms. The Morgan fingerprint density at radius 1 is 1.09 bits per heavy atom. The smallest absolute Gasteiger partial charge is 0.308 e. The van der Waals surface area contributed by atoms with E-state index in [0.717, 1.165) is 25.7 Å². The summed E-state index contributed by atoms with van der Waals surface area (Å²) in [5.74, 6) is -0.177. The summed E-state index contributed by atoms with van der Waals surface area (Å²) < 4.78 is 11.1. The number of hydrogen-bond acceptors (Lipinski definition) is 5. The molecule has 2 fully saturated rings. The number of rotatable bonds is 10. The Hall–Kier alpha value is -0.650. The highest BCUT2D eigenvalue weighted by Crippen LogP contribution is 2.31. The predicted molar refractivity (Wildman–Crippen MR) is 87.0 cm³/mol. The normalized spacial score (nSPS) is 29.9. The summed E-state index contributed by atoms with van der Waals surface area (Å²) in [7, 11) is 0. The number of hydrogen-bond donors (Lipinski definition) is 2. The molecule has 5 atom stereocenters. The van der Waals surface area contributed by atoms with Gasteiger partial charge in [-0.1, -0.05) is 39.0 Å². The van der Waals surface area contributed by atoms with Gasteiger partial charge in [0.1, 0.15) is 6.10 Å². The van der Waals surface area contributed by atoms with Crippen LogP contribution < -0.4 is 0 Å². The highest BCUT2D eigenvalue weighted by atomic mass is 16.6. The van der Waals surface area contributed by atoms with Crippen molar-refractivity contribution < 1.29 is 24.5 Å². The van der Waals surface area contributed by atoms with Crippen LogP contribution in [0.3, 0.4) is 0 Å². The lowest BCUT2D eigenvalue weighted by Gasteiger charge is -2.39. The minimum atomic E-state index is -0.555. The monoisotopic (exact) mass is 328 g/mol. The van der Waals surface area contributed by atoms with Gasteiger partial charge in [0.25, 0.3) is 0 Å². The number of unbranched alkanes of at least 4 members (excludes halogenated alkanes) is 4. The van der Waals surface area contributed by atoms with Gasteiger partial charge in [-0.2, -0.15) is 0 Å². The fourth-order valence-electron chi connectivity index (χ4n) is 3.68. The van der Waals surface area contributed by atoms with E-state index in [1.807, 2.05) is 0 Å². The molecule has 0 spiro atoms. The van der Waals surface area contributed by atoms with E-state index >= 15 is 0 Å². The second-order valence-electron chi connectivity index (χ2n) is 7.15. The quantitative estimate of drug-likeness (QED) is 0.476. The third-order valence-electron chi connectivity index (χ3n) is 4.85. The summed E-state index contributed by atoms with van der Waals surface area (Å²) in [6, 6.07) is 0. The molecule has 0 aromatic rings. The summed E-state index contributed by atoms with van der Waals surface area (Å²) in [5.41, 5.74) is 0. The second kappa shape index (κ2) is 9.60. The van der Waals surface area contributed by atoms with Crippen LogP contribution in [0.15, 0.2) is 0 Å². The van der Waals surface area contributed by atoms with Crippen molar-refractivity contribution in [2.45, 2.75) is 108 Å². The topological polar surface area (TPSA) is 76.0 Å². The van der Waals surface area contributed by atoms with E-state index in [-0.39, 0.29) is 24.3 Å². The molecule has 134 valence electrons. The first-order chi connectivity index (χ1) is 11.1. The van der Waals surface area contributed by atoms with Crippen molar-refractivity contribution in [3.8, 4) is 0 Å². The van der Waals surface area contributed by atoms with Crippen molar-refractivity contribution >= 4 is 5.97 Å². The maximum Gasteiger partial charge on any atom is 0.308 e. The van der Waals surface area contributed by atoms with Crippen molar-refractivity contribution in [1.82, 2.24) is 0 Å². The standard InChI is InChI=1S/C18H32O5/c1-2-3-4-5-6-7-13(19)8-14(20)9-15-10-16-11-17(22-15)12-18(21)23-16/h13-17,19-20H,2-12H2,1H3/t13-,14-,15?,16?,17?/m1/s1. The van der Waals surface area contributed by atoms with Crippen molar-refractivity contribution in [3.05, 3.63) is 0 Å².